The maximum atomic E-state index is 12.5. The molecule has 0 N–H and O–H groups in total. The van der Waals surface area contributed by atoms with Crippen molar-refractivity contribution in [1.29, 1.82) is 0 Å². The number of carbonyl (C=O) groups excluding carboxylic acids is 3. The van der Waals surface area contributed by atoms with Gasteiger partial charge in [-0.1, -0.05) is 176 Å². The molecule has 0 aliphatic heterocycles. The Hall–Kier alpha value is -3.67. The lowest BCUT2D eigenvalue weighted by atomic mass is 10.1. The fraction of sp³-hybridized carbons (Fsp3) is 0.578. The molecule has 51 heavy (non-hydrogen) atoms. The third kappa shape index (κ3) is 37.4. The summed E-state index contributed by atoms with van der Waals surface area (Å²) in [7, 11) is 0. The Labute approximate surface area is 311 Å². The molecule has 0 saturated carbocycles. The average molecular weight is 707 g/mol. The number of allylic oxidation sites excluding steroid dienone is 15. The van der Waals surface area contributed by atoms with E-state index in [4.69, 9.17) is 14.2 Å². The summed E-state index contributed by atoms with van der Waals surface area (Å²) in [6.45, 7) is 6.17. The first kappa shape index (κ1) is 47.3. The molecule has 6 nitrogen and oxygen atoms in total. The van der Waals surface area contributed by atoms with E-state index >= 15 is 0 Å². The van der Waals surface area contributed by atoms with Gasteiger partial charge in [-0.3, -0.25) is 14.4 Å². The van der Waals surface area contributed by atoms with Crippen LogP contribution >= 0.6 is 0 Å². The van der Waals surface area contributed by atoms with Crippen LogP contribution in [0.15, 0.2) is 97.2 Å². The Kier molecular flexibility index (Phi) is 36.3. The molecule has 0 heterocycles. The van der Waals surface area contributed by atoms with Gasteiger partial charge in [0.05, 0.1) is 6.42 Å². The summed E-state index contributed by atoms with van der Waals surface area (Å²) < 4.78 is 16.4. The third-order valence-electron chi connectivity index (χ3n) is 7.74. The van der Waals surface area contributed by atoms with Crippen LogP contribution in [-0.2, 0) is 28.6 Å². The van der Waals surface area contributed by atoms with E-state index in [-0.39, 0.29) is 31.6 Å². The molecule has 1 atom stereocenters. The molecule has 286 valence electrons. The Morgan fingerprint density at radius 2 is 0.902 bits per heavy atom. The van der Waals surface area contributed by atoms with Crippen LogP contribution in [0.1, 0.15) is 149 Å². The van der Waals surface area contributed by atoms with Crippen LogP contribution in [0.5, 0.6) is 0 Å². The zero-order chi connectivity index (χ0) is 37.3. The van der Waals surface area contributed by atoms with Crippen molar-refractivity contribution in [2.75, 3.05) is 13.2 Å². The maximum Gasteiger partial charge on any atom is 0.310 e. The first-order valence-electron chi connectivity index (χ1n) is 19.8. The van der Waals surface area contributed by atoms with E-state index in [9.17, 15) is 14.4 Å². The normalized spacial score (nSPS) is 13.1. The zero-order valence-electron chi connectivity index (χ0n) is 32.3. The Balaban J connectivity index is 4.55. The van der Waals surface area contributed by atoms with E-state index in [0.717, 1.165) is 70.6 Å². The van der Waals surface area contributed by atoms with Crippen molar-refractivity contribution >= 4 is 17.9 Å². The lowest BCUT2D eigenvalue weighted by molar-refractivity contribution is -0.166. The van der Waals surface area contributed by atoms with Crippen molar-refractivity contribution in [1.82, 2.24) is 0 Å². The number of ether oxygens (including phenoxy) is 3. The van der Waals surface area contributed by atoms with Gasteiger partial charge in [0.1, 0.15) is 13.2 Å². The fourth-order valence-corrected chi connectivity index (χ4v) is 4.82. The molecule has 0 bridgehead atoms. The number of rotatable bonds is 33. The smallest absolute Gasteiger partial charge is 0.310 e. The highest BCUT2D eigenvalue weighted by Gasteiger charge is 2.19. The van der Waals surface area contributed by atoms with E-state index in [1.807, 2.05) is 54.7 Å². The minimum Gasteiger partial charge on any atom is -0.462 e. The molecule has 0 aromatic carbocycles. The minimum atomic E-state index is -0.839. The number of unbranched alkanes of at least 4 members (excludes halogenated alkanes) is 11. The first-order valence-corrected chi connectivity index (χ1v) is 19.8. The van der Waals surface area contributed by atoms with Gasteiger partial charge >= 0.3 is 17.9 Å². The van der Waals surface area contributed by atoms with Crippen LogP contribution in [-0.4, -0.2) is 37.2 Å². The Bertz CT molecular complexity index is 1090. The highest BCUT2D eigenvalue weighted by Crippen LogP contribution is 2.12. The minimum absolute atomic E-state index is 0.0929. The van der Waals surface area contributed by atoms with Gasteiger partial charge in [0.15, 0.2) is 6.10 Å². The van der Waals surface area contributed by atoms with Gasteiger partial charge in [-0.2, -0.15) is 0 Å². The molecule has 0 spiro atoms. The lowest BCUT2D eigenvalue weighted by Gasteiger charge is -2.18. The van der Waals surface area contributed by atoms with Crippen LogP contribution < -0.4 is 0 Å². The summed E-state index contributed by atoms with van der Waals surface area (Å²) in [5.74, 6) is -1.12. The van der Waals surface area contributed by atoms with Crippen LogP contribution in [0.2, 0.25) is 0 Å². The van der Waals surface area contributed by atoms with Gasteiger partial charge in [-0.15, -0.1) is 0 Å². The molecule has 0 amide bonds. The predicted molar refractivity (Wildman–Crippen MR) is 214 cm³/mol. The van der Waals surface area contributed by atoms with E-state index in [1.165, 1.54) is 38.5 Å². The second-order valence-electron chi connectivity index (χ2n) is 12.6. The Morgan fingerprint density at radius 1 is 0.451 bits per heavy atom. The number of carbonyl (C=O) groups is 3. The van der Waals surface area contributed by atoms with E-state index in [2.05, 4.69) is 57.2 Å². The zero-order valence-corrected chi connectivity index (χ0v) is 32.3. The highest BCUT2D eigenvalue weighted by atomic mass is 16.6. The first-order chi connectivity index (χ1) is 25.0. The van der Waals surface area contributed by atoms with E-state index in [1.54, 1.807) is 6.08 Å². The molecule has 0 fully saturated rings. The van der Waals surface area contributed by atoms with Gasteiger partial charge < -0.3 is 14.2 Å². The van der Waals surface area contributed by atoms with Crippen LogP contribution in [0, 0.1) is 0 Å². The number of hydrogen-bond acceptors (Lipinski definition) is 6. The van der Waals surface area contributed by atoms with Gasteiger partial charge in [-0.25, -0.2) is 0 Å². The summed E-state index contributed by atoms with van der Waals surface area (Å²) in [4.78, 5) is 37.4. The molecule has 0 saturated heterocycles. The molecule has 0 aromatic heterocycles. The second kappa shape index (κ2) is 39.1. The average Bonchev–Trinajstić information content (AvgIpc) is 3.12. The number of esters is 3. The maximum absolute atomic E-state index is 12.5. The molecular formula is C45H70O6. The fourth-order valence-electron chi connectivity index (χ4n) is 4.82. The summed E-state index contributed by atoms with van der Waals surface area (Å²) in [6, 6.07) is 0. The molecule has 0 aromatic rings. The standard InChI is InChI=1S/C45H70O6/c1-4-7-10-13-16-19-20-21-22-23-24-27-29-32-35-38-44(47)50-41-42(51-45(48)39-36-33-30-26-18-15-12-9-6-3)40-49-43(46)37-34-31-28-25-17-14-11-8-5-2/h7,9-10,12-13,16,18-24,26,33,36,42H,4-6,8,11,14-15,17,25,27-32,34-35,37-41H2,1-3H3/b10-7-,12-9-,16-13-,20-19-,22-21-,24-23-,26-18-,36-33-. The van der Waals surface area contributed by atoms with Crippen molar-refractivity contribution in [2.24, 2.45) is 0 Å². The van der Waals surface area contributed by atoms with Crippen LogP contribution in [0.25, 0.3) is 0 Å². The van der Waals surface area contributed by atoms with Crippen molar-refractivity contribution < 1.29 is 28.6 Å². The quantitative estimate of drug-likeness (QED) is 0.0222. The summed E-state index contributed by atoms with van der Waals surface area (Å²) in [6.07, 6.45) is 50.0. The summed E-state index contributed by atoms with van der Waals surface area (Å²) >= 11 is 0. The van der Waals surface area contributed by atoms with Crippen LogP contribution in [0.3, 0.4) is 0 Å². The topological polar surface area (TPSA) is 78.9 Å². The van der Waals surface area contributed by atoms with Crippen molar-refractivity contribution in [3.63, 3.8) is 0 Å². The van der Waals surface area contributed by atoms with Crippen molar-refractivity contribution in [3.05, 3.63) is 97.2 Å². The van der Waals surface area contributed by atoms with Crippen molar-refractivity contribution in [2.45, 2.75) is 155 Å². The van der Waals surface area contributed by atoms with Crippen molar-refractivity contribution in [3.8, 4) is 0 Å². The second-order valence-corrected chi connectivity index (χ2v) is 12.6. The van der Waals surface area contributed by atoms with Gasteiger partial charge in [-0.05, 0) is 51.4 Å². The number of hydrogen-bond donors (Lipinski definition) is 0. The molecule has 0 rings (SSSR count). The molecule has 0 aliphatic carbocycles. The third-order valence-corrected chi connectivity index (χ3v) is 7.74. The van der Waals surface area contributed by atoms with Crippen LogP contribution in [0.4, 0.5) is 0 Å². The SMILES string of the molecule is CC\C=C/C=C\C=C/C=C\C=C/CCCCCC(=O)OCC(COC(=O)CCCCCCCCCCC)OC(=O)C/C=C\C/C=C\C/C=C\CC. The molecule has 1 unspecified atom stereocenters. The highest BCUT2D eigenvalue weighted by molar-refractivity contribution is 5.72. The van der Waals surface area contributed by atoms with E-state index < -0.39 is 12.1 Å². The molecule has 6 heteroatoms. The van der Waals surface area contributed by atoms with Gasteiger partial charge in [0, 0.05) is 12.8 Å². The molecular weight excluding hydrogens is 636 g/mol. The van der Waals surface area contributed by atoms with Gasteiger partial charge in [0.2, 0.25) is 0 Å². The molecule has 0 radical (unpaired) electrons. The monoisotopic (exact) mass is 707 g/mol. The molecule has 0 aliphatic rings. The van der Waals surface area contributed by atoms with Gasteiger partial charge in [0.25, 0.3) is 0 Å². The largest absolute Gasteiger partial charge is 0.462 e. The summed E-state index contributed by atoms with van der Waals surface area (Å²) in [5.41, 5.74) is 0. The summed E-state index contributed by atoms with van der Waals surface area (Å²) in [5, 5.41) is 0. The predicted octanol–water partition coefficient (Wildman–Crippen LogP) is 12.3. The lowest BCUT2D eigenvalue weighted by Crippen LogP contribution is -2.30. The Morgan fingerprint density at radius 3 is 1.45 bits per heavy atom. The van der Waals surface area contributed by atoms with E-state index in [0.29, 0.717) is 12.8 Å².